The van der Waals surface area contributed by atoms with Crippen LogP contribution in [0.5, 0.6) is 5.06 Å². The summed E-state index contributed by atoms with van der Waals surface area (Å²) in [6.07, 6.45) is 12.2. The minimum atomic E-state index is -1.27. The van der Waals surface area contributed by atoms with Crippen LogP contribution in [0.15, 0.2) is 12.1 Å². The predicted molar refractivity (Wildman–Crippen MR) is 116 cm³/mol. The molecule has 4 nitrogen and oxygen atoms in total. The zero-order valence-electron chi connectivity index (χ0n) is 16.9. The fraction of sp³-hybridized carbons (Fsp3) is 0.773. The first-order valence-electron chi connectivity index (χ1n) is 10.8. The normalized spacial score (nSPS) is 24.5. The van der Waals surface area contributed by atoms with Gasteiger partial charge >= 0.3 is 6.16 Å². The van der Waals surface area contributed by atoms with Gasteiger partial charge in [0.15, 0.2) is 5.06 Å². The topological polar surface area (TPSA) is 66.8 Å². The van der Waals surface area contributed by atoms with Crippen LogP contribution >= 0.6 is 22.9 Å². The van der Waals surface area contributed by atoms with Crippen LogP contribution in [0.2, 0.25) is 0 Å². The van der Waals surface area contributed by atoms with E-state index in [1.165, 1.54) is 56.3 Å². The van der Waals surface area contributed by atoms with Crippen LogP contribution in [0.4, 0.5) is 4.79 Å². The summed E-state index contributed by atoms with van der Waals surface area (Å²) >= 11 is 7.95. The second kappa shape index (κ2) is 12.7. The summed E-state index contributed by atoms with van der Waals surface area (Å²) in [4.78, 5) is 11.7. The largest absolute Gasteiger partial charge is 0.512 e. The zero-order valence-corrected chi connectivity index (χ0v) is 18.5. The van der Waals surface area contributed by atoms with E-state index in [4.69, 9.17) is 16.7 Å². The average Bonchev–Trinajstić information content (AvgIpc) is 3.18. The Balaban J connectivity index is 1.70. The third-order valence-corrected chi connectivity index (χ3v) is 7.43. The van der Waals surface area contributed by atoms with E-state index < -0.39 is 6.16 Å². The molecule has 1 aromatic rings. The fourth-order valence-corrected chi connectivity index (χ4v) is 5.80. The maximum Gasteiger partial charge on any atom is 0.512 e. The highest BCUT2D eigenvalue weighted by atomic mass is 35.5. The number of carbonyl (C=O) groups is 1. The van der Waals surface area contributed by atoms with Crippen LogP contribution in [0.3, 0.4) is 0 Å². The molecule has 1 heterocycles. The number of hydrogen-bond donors (Lipinski definition) is 2. The Morgan fingerprint density at radius 2 is 1.79 bits per heavy atom. The number of hydrogen-bond acceptors (Lipinski definition) is 4. The van der Waals surface area contributed by atoms with Gasteiger partial charge in [0.2, 0.25) is 0 Å². The Hall–Kier alpha value is -0.780. The number of thiophene rings is 1. The quantitative estimate of drug-likeness (QED) is 0.203. The molecule has 160 valence electrons. The Morgan fingerprint density at radius 3 is 2.50 bits per heavy atom. The van der Waals surface area contributed by atoms with Crippen molar-refractivity contribution in [2.45, 2.75) is 95.5 Å². The standard InChI is InChI=1S/C22H35ClO4S/c1-2-3-4-5-6-7-8-11-18-17(19(23)15-20(18)24)12-9-10-16-13-14-21(28-16)27-22(25)26/h13-14,17-20,24H,2-12,15H2,1H3,(H,25,26)/t17-,18-,19-,20-/m1/s1. The van der Waals surface area contributed by atoms with Gasteiger partial charge in [-0.15, -0.1) is 22.9 Å². The summed E-state index contributed by atoms with van der Waals surface area (Å²) in [6, 6.07) is 3.64. The summed E-state index contributed by atoms with van der Waals surface area (Å²) < 4.78 is 4.69. The van der Waals surface area contributed by atoms with Gasteiger partial charge in [-0.25, -0.2) is 4.79 Å². The van der Waals surface area contributed by atoms with Crippen LogP contribution in [0.25, 0.3) is 0 Å². The van der Waals surface area contributed by atoms with Crippen LogP contribution in [-0.4, -0.2) is 27.8 Å². The number of ether oxygens (including phenoxy) is 1. The molecule has 0 bridgehead atoms. The molecule has 0 amide bonds. The maximum atomic E-state index is 10.6. The molecule has 1 aliphatic rings. The Morgan fingerprint density at radius 1 is 1.11 bits per heavy atom. The van der Waals surface area contributed by atoms with Gasteiger partial charge in [0.1, 0.15) is 0 Å². The minimum Gasteiger partial charge on any atom is -0.449 e. The first kappa shape index (κ1) is 23.5. The number of halogens is 1. The number of aryl methyl sites for hydroxylation is 1. The number of unbranched alkanes of at least 4 members (excludes halogenated alkanes) is 6. The van der Waals surface area contributed by atoms with Crippen LogP contribution in [0.1, 0.15) is 82.4 Å². The van der Waals surface area contributed by atoms with Crippen molar-refractivity contribution in [1.82, 2.24) is 0 Å². The number of rotatable bonds is 13. The maximum absolute atomic E-state index is 10.6. The molecule has 0 aromatic carbocycles. The van der Waals surface area contributed by atoms with E-state index in [0.29, 0.717) is 23.3 Å². The number of aliphatic hydroxyl groups excluding tert-OH is 1. The molecule has 0 saturated heterocycles. The van der Waals surface area contributed by atoms with E-state index in [1.54, 1.807) is 6.07 Å². The van der Waals surface area contributed by atoms with Crippen molar-refractivity contribution in [2.75, 3.05) is 0 Å². The van der Waals surface area contributed by atoms with E-state index in [-0.39, 0.29) is 11.5 Å². The molecule has 2 N–H and O–H groups in total. The molecular weight excluding hydrogens is 396 g/mol. The van der Waals surface area contributed by atoms with Crippen LogP contribution in [0, 0.1) is 11.8 Å². The van der Waals surface area contributed by atoms with Crippen molar-refractivity contribution in [1.29, 1.82) is 0 Å². The lowest BCUT2D eigenvalue weighted by Gasteiger charge is -2.23. The highest BCUT2D eigenvalue weighted by molar-refractivity contribution is 7.13. The highest BCUT2D eigenvalue weighted by Gasteiger charge is 2.40. The minimum absolute atomic E-state index is 0.0683. The molecule has 1 aliphatic carbocycles. The lowest BCUT2D eigenvalue weighted by Crippen LogP contribution is -2.21. The van der Waals surface area contributed by atoms with Crippen molar-refractivity contribution in [2.24, 2.45) is 11.8 Å². The third kappa shape index (κ3) is 7.92. The summed E-state index contributed by atoms with van der Waals surface area (Å²) in [5.41, 5.74) is 0. The lowest BCUT2D eigenvalue weighted by molar-refractivity contribution is 0.107. The first-order valence-corrected chi connectivity index (χ1v) is 12.1. The van der Waals surface area contributed by atoms with Crippen molar-refractivity contribution in [3.05, 3.63) is 17.0 Å². The van der Waals surface area contributed by atoms with Crippen molar-refractivity contribution >= 4 is 29.1 Å². The van der Waals surface area contributed by atoms with Gasteiger partial charge in [0.05, 0.1) is 6.10 Å². The van der Waals surface area contributed by atoms with E-state index in [2.05, 4.69) is 11.7 Å². The van der Waals surface area contributed by atoms with Gasteiger partial charge < -0.3 is 14.9 Å². The summed E-state index contributed by atoms with van der Waals surface area (Å²) in [5.74, 6) is 0.707. The fourth-order valence-electron chi connectivity index (χ4n) is 4.42. The smallest absolute Gasteiger partial charge is 0.449 e. The molecular formula is C22H35ClO4S. The van der Waals surface area contributed by atoms with Gasteiger partial charge in [-0.1, -0.05) is 51.9 Å². The van der Waals surface area contributed by atoms with E-state index in [9.17, 15) is 9.90 Å². The van der Waals surface area contributed by atoms with Crippen molar-refractivity contribution in [3.63, 3.8) is 0 Å². The Labute approximate surface area is 178 Å². The Bertz CT molecular complexity index is 577. The Kier molecular flexibility index (Phi) is 10.7. The molecule has 2 rings (SSSR count). The third-order valence-electron chi connectivity index (χ3n) is 5.90. The van der Waals surface area contributed by atoms with Crippen LogP contribution < -0.4 is 4.74 Å². The average molecular weight is 431 g/mol. The lowest BCUT2D eigenvalue weighted by atomic mass is 9.85. The molecule has 4 atom stereocenters. The number of alkyl halides is 1. The molecule has 28 heavy (non-hydrogen) atoms. The molecule has 1 fully saturated rings. The van der Waals surface area contributed by atoms with Gasteiger partial charge in [0.25, 0.3) is 0 Å². The molecule has 0 spiro atoms. The summed E-state index contributed by atoms with van der Waals surface area (Å²) in [6.45, 7) is 2.24. The van der Waals surface area contributed by atoms with Gasteiger partial charge in [0, 0.05) is 10.3 Å². The number of carboxylic acid groups (broad SMARTS) is 1. The van der Waals surface area contributed by atoms with Gasteiger partial charge in [-0.3, -0.25) is 0 Å². The molecule has 0 unspecified atom stereocenters. The molecule has 0 aliphatic heterocycles. The highest BCUT2D eigenvalue weighted by Crippen LogP contribution is 2.42. The van der Waals surface area contributed by atoms with E-state index in [1.807, 2.05) is 6.07 Å². The summed E-state index contributed by atoms with van der Waals surface area (Å²) in [7, 11) is 0. The molecule has 1 aromatic heterocycles. The van der Waals surface area contributed by atoms with E-state index >= 15 is 0 Å². The summed E-state index contributed by atoms with van der Waals surface area (Å²) in [5, 5.41) is 19.6. The van der Waals surface area contributed by atoms with Gasteiger partial charge in [-0.05, 0) is 56.1 Å². The first-order chi connectivity index (χ1) is 13.5. The van der Waals surface area contributed by atoms with Crippen molar-refractivity contribution < 1.29 is 19.7 Å². The van der Waals surface area contributed by atoms with E-state index in [0.717, 1.165) is 30.6 Å². The molecule has 1 saturated carbocycles. The number of aliphatic hydroxyl groups is 1. The van der Waals surface area contributed by atoms with Gasteiger partial charge in [-0.2, -0.15) is 0 Å². The second-order valence-electron chi connectivity index (χ2n) is 8.04. The van der Waals surface area contributed by atoms with Crippen molar-refractivity contribution in [3.8, 4) is 5.06 Å². The monoisotopic (exact) mass is 430 g/mol. The SMILES string of the molecule is CCCCCCCCC[C@@H]1[C@@H](CCCc2ccc(OC(=O)O)s2)[C@H](Cl)C[C@H]1O. The zero-order chi connectivity index (χ0) is 20.4. The molecule has 6 heteroatoms. The molecule has 0 radical (unpaired) electrons. The second-order valence-corrected chi connectivity index (χ2v) is 9.73. The van der Waals surface area contributed by atoms with Crippen LogP contribution in [-0.2, 0) is 6.42 Å². The predicted octanol–water partition coefficient (Wildman–Crippen LogP) is 6.87.